The number of rotatable bonds is 7. The van der Waals surface area contributed by atoms with Gasteiger partial charge < -0.3 is 15.7 Å². The molecule has 1 heterocycles. The van der Waals surface area contributed by atoms with Gasteiger partial charge in [-0.05, 0) is 38.1 Å². The molecule has 7 nitrogen and oxygen atoms in total. The molecular weight excluding hydrogens is 374 g/mol. The molecule has 136 valence electrons. The van der Waals surface area contributed by atoms with Crippen LogP contribution in [0, 0.1) is 6.92 Å². The van der Waals surface area contributed by atoms with Gasteiger partial charge in [0.2, 0.25) is 11.8 Å². The number of hydrogen-bond donors (Lipinski definition) is 3. The first-order chi connectivity index (χ1) is 12.3. The SMILES string of the molecule is C/C(=C\C(=O)Nc1ccc(SCC(=O)Nc2ncc(C)s2)cc1)C(=O)O. The summed E-state index contributed by atoms with van der Waals surface area (Å²) in [6, 6.07) is 6.92. The fourth-order valence-corrected chi connectivity index (χ4v) is 3.17. The van der Waals surface area contributed by atoms with Crippen LogP contribution in [0.5, 0.6) is 0 Å². The number of anilines is 2. The number of nitrogens with zero attached hydrogens (tertiary/aromatic N) is 1. The van der Waals surface area contributed by atoms with Gasteiger partial charge in [0.25, 0.3) is 0 Å². The smallest absolute Gasteiger partial charge is 0.331 e. The molecule has 0 aliphatic carbocycles. The second-order valence-corrected chi connectivity index (χ2v) is 7.54. The minimum absolute atomic E-state index is 0.0453. The van der Waals surface area contributed by atoms with E-state index in [4.69, 9.17) is 5.11 Å². The van der Waals surface area contributed by atoms with Crippen molar-refractivity contribution in [3.63, 3.8) is 0 Å². The molecule has 1 aromatic carbocycles. The lowest BCUT2D eigenvalue weighted by Crippen LogP contribution is -2.13. The number of hydrogen-bond acceptors (Lipinski definition) is 6. The van der Waals surface area contributed by atoms with Crippen molar-refractivity contribution in [3.8, 4) is 0 Å². The van der Waals surface area contributed by atoms with E-state index in [0.717, 1.165) is 15.8 Å². The Morgan fingerprint density at radius 1 is 1.23 bits per heavy atom. The summed E-state index contributed by atoms with van der Waals surface area (Å²) in [4.78, 5) is 40.2. The average molecular weight is 391 g/mol. The van der Waals surface area contributed by atoms with Crippen LogP contribution >= 0.6 is 23.1 Å². The molecule has 0 aliphatic heterocycles. The first-order valence-corrected chi connectivity index (χ1v) is 9.31. The Morgan fingerprint density at radius 2 is 1.92 bits per heavy atom. The highest BCUT2D eigenvalue weighted by molar-refractivity contribution is 8.00. The molecule has 9 heteroatoms. The summed E-state index contributed by atoms with van der Waals surface area (Å²) < 4.78 is 0. The largest absolute Gasteiger partial charge is 0.478 e. The number of nitrogens with one attached hydrogen (secondary N) is 2. The van der Waals surface area contributed by atoms with Crippen molar-refractivity contribution in [1.82, 2.24) is 4.98 Å². The van der Waals surface area contributed by atoms with Crippen molar-refractivity contribution in [2.75, 3.05) is 16.4 Å². The summed E-state index contributed by atoms with van der Waals surface area (Å²) >= 11 is 2.78. The molecule has 1 aromatic heterocycles. The second kappa shape index (κ2) is 9.16. The van der Waals surface area contributed by atoms with E-state index in [1.807, 2.05) is 6.92 Å². The maximum absolute atomic E-state index is 11.9. The van der Waals surface area contributed by atoms with Gasteiger partial charge in [0, 0.05) is 33.3 Å². The quantitative estimate of drug-likeness (QED) is 0.494. The molecule has 0 saturated carbocycles. The van der Waals surface area contributed by atoms with Gasteiger partial charge in [-0.25, -0.2) is 9.78 Å². The molecule has 0 spiro atoms. The van der Waals surface area contributed by atoms with Crippen LogP contribution in [0.4, 0.5) is 10.8 Å². The Labute approximate surface area is 158 Å². The van der Waals surface area contributed by atoms with E-state index in [1.54, 1.807) is 30.5 Å². The summed E-state index contributed by atoms with van der Waals surface area (Å²) in [5.41, 5.74) is 0.493. The van der Waals surface area contributed by atoms with Crippen molar-refractivity contribution >= 4 is 51.7 Å². The molecule has 3 N–H and O–H groups in total. The van der Waals surface area contributed by atoms with Gasteiger partial charge in [-0.2, -0.15) is 0 Å². The standard InChI is InChI=1S/C17H17N3O4S2/c1-10(16(23)24)7-14(21)19-12-3-5-13(6-4-12)25-9-15(22)20-17-18-8-11(2)26-17/h3-8H,9H2,1-2H3,(H,19,21)(H,23,24)(H,18,20,22)/b10-7+. The predicted octanol–water partition coefficient (Wildman–Crippen LogP) is 3.15. The van der Waals surface area contributed by atoms with E-state index >= 15 is 0 Å². The first-order valence-electron chi connectivity index (χ1n) is 7.51. The van der Waals surface area contributed by atoms with Gasteiger partial charge in [0.1, 0.15) is 0 Å². The Hall–Kier alpha value is -2.65. The molecular formula is C17H17N3O4S2. The topological polar surface area (TPSA) is 108 Å². The monoisotopic (exact) mass is 391 g/mol. The second-order valence-electron chi connectivity index (χ2n) is 5.26. The Balaban J connectivity index is 1.83. The number of aliphatic carboxylic acids is 1. The van der Waals surface area contributed by atoms with Crippen LogP contribution in [0.15, 0.2) is 47.0 Å². The van der Waals surface area contributed by atoms with E-state index in [9.17, 15) is 14.4 Å². The highest BCUT2D eigenvalue weighted by atomic mass is 32.2. The lowest BCUT2D eigenvalue weighted by atomic mass is 10.2. The van der Waals surface area contributed by atoms with Crippen molar-refractivity contribution in [2.45, 2.75) is 18.7 Å². The Morgan fingerprint density at radius 3 is 2.50 bits per heavy atom. The van der Waals surface area contributed by atoms with Gasteiger partial charge in [0.05, 0.1) is 5.75 Å². The molecule has 0 saturated heterocycles. The lowest BCUT2D eigenvalue weighted by molar-refractivity contribution is -0.132. The molecule has 2 aromatic rings. The zero-order chi connectivity index (χ0) is 19.1. The van der Waals surface area contributed by atoms with Crippen LogP contribution in [0.2, 0.25) is 0 Å². The fraction of sp³-hybridized carbons (Fsp3) is 0.176. The van der Waals surface area contributed by atoms with Gasteiger partial charge in [-0.15, -0.1) is 23.1 Å². The van der Waals surface area contributed by atoms with Gasteiger partial charge in [-0.3, -0.25) is 9.59 Å². The first kappa shape index (κ1) is 19.7. The van der Waals surface area contributed by atoms with Gasteiger partial charge in [-0.1, -0.05) is 0 Å². The maximum Gasteiger partial charge on any atom is 0.331 e. The van der Waals surface area contributed by atoms with E-state index < -0.39 is 11.9 Å². The number of amides is 2. The zero-order valence-corrected chi connectivity index (χ0v) is 15.7. The number of carboxylic acid groups (broad SMARTS) is 1. The summed E-state index contributed by atoms with van der Waals surface area (Å²) in [5, 5.41) is 14.6. The molecule has 26 heavy (non-hydrogen) atoms. The molecule has 0 bridgehead atoms. The van der Waals surface area contributed by atoms with Crippen molar-refractivity contribution in [1.29, 1.82) is 0 Å². The number of carbonyl (C=O) groups is 3. The van der Waals surface area contributed by atoms with Gasteiger partial charge >= 0.3 is 5.97 Å². The third kappa shape index (κ3) is 6.34. The highest BCUT2D eigenvalue weighted by Gasteiger charge is 2.07. The minimum atomic E-state index is -1.14. The van der Waals surface area contributed by atoms with Gasteiger partial charge in [0.15, 0.2) is 5.13 Å². The van der Waals surface area contributed by atoms with Crippen LogP contribution in [0.3, 0.4) is 0 Å². The minimum Gasteiger partial charge on any atom is -0.478 e. The number of carboxylic acids is 1. The summed E-state index contributed by atoms with van der Waals surface area (Å²) in [5.74, 6) is -1.55. The highest BCUT2D eigenvalue weighted by Crippen LogP contribution is 2.22. The molecule has 0 aliphatic rings. The third-order valence-electron chi connectivity index (χ3n) is 3.04. The van der Waals surface area contributed by atoms with E-state index in [-0.39, 0.29) is 17.2 Å². The van der Waals surface area contributed by atoms with Crippen LogP contribution in [0.1, 0.15) is 11.8 Å². The number of aryl methyl sites for hydroxylation is 1. The van der Waals surface area contributed by atoms with Crippen molar-refractivity contribution in [2.24, 2.45) is 0 Å². The number of benzene rings is 1. The number of carbonyl (C=O) groups excluding carboxylic acids is 2. The normalized spacial score (nSPS) is 11.1. The Kier molecular flexibility index (Phi) is 6.93. The van der Waals surface area contributed by atoms with Crippen LogP contribution in [-0.2, 0) is 14.4 Å². The summed E-state index contributed by atoms with van der Waals surface area (Å²) in [6.07, 6.45) is 2.73. The fourth-order valence-electron chi connectivity index (χ4n) is 1.79. The molecule has 2 rings (SSSR count). The predicted molar refractivity (Wildman–Crippen MR) is 103 cm³/mol. The lowest BCUT2D eigenvalue weighted by Gasteiger charge is -2.05. The van der Waals surface area contributed by atoms with Crippen LogP contribution < -0.4 is 10.6 Å². The zero-order valence-electron chi connectivity index (χ0n) is 14.1. The van der Waals surface area contributed by atoms with Crippen LogP contribution in [-0.4, -0.2) is 33.6 Å². The van der Waals surface area contributed by atoms with Crippen molar-refractivity contribution < 1.29 is 19.5 Å². The van der Waals surface area contributed by atoms with E-state index in [1.165, 1.54) is 30.0 Å². The molecule has 0 unspecified atom stereocenters. The molecule has 2 amide bonds. The van der Waals surface area contributed by atoms with E-state index in [0.29, 0.717) is 10.8 Å². The number of thiazole rings is 1. The van der Waals surface area contributed by atoms with Crippen LogP contribution in [0.25, 0.3) is 0 Å². The number of aromatic nitrogens is 1. The van der Waals surface area contributed by atoms with E-state index in [2.05, 4.69) is 15.6 Å². The maximum atomic E-state index is 11.9. The summed E-state index contributed by atoms with van der Waals surface area (Å²) in [6.45, 7) is 3.26. The molecule has 0 fully saturated rings. The average Bonchev–Trinajstić information content (AvgIpc) is 2.98. The summed E-state index contributed by atoms with van der Waals surface area (Å²) in [7, 11) is 0. The molecule has 0 atom stereocenters. The third-order valence-corrected chi connectivity index (χ3v) is 4.88. The number of thioether (sulfide) groups is 1. The Bertz CT molecular complexity index is 844. The van der Waals surface area contributed by atoms with Crippen molar-refractivity contribution in [3.05, 3.63) is 47.0 Å². The molecule has 0 radical (unpaired) electrons.